The van der Waals surface area contributed by atoms with Crippen LogP contribution < -0.4 is 19.3 Å². The van der Waals surface area contributed by atoms with Crippen LogP contribution in [0.2, 0.25) is 0 Å². The zero-order chi connectivity index (χ0) is 44.3. The molecule has 0 radical (unpaired) electrons. The van der Waals surface area contributed by atoms with Crippen molar-refractivity contribution in [1.82, 2.24) is 9.80 Å². The third-order valence-electron chi connectivity index (χ3n) is 10.4. The van der Waals surface area contributed by atoms with Crippen molar-refractivity contribution in [1.29, 1.82) is 0 Å². The molecule has 0 atom stereocenters. The molecule has 2 fully saturated rings. The number of piperazine rings is 2. The van der Waals surface area contributed by atoms with Crippen LogP contribution in [0, 0.1) is 0 Å². The highest BCUT2D eigenvalue weighted by atomic mass is 19.4. The topological polar surface area (TPSA) is 109 Å². The van der Waals surface area contributed by atoms with Gasteiger partial charge in [0.15, 0.2) is 0 Å². The number of carbonyl (C=O) groups is 4. The Labute approximate surface area is 348 Å². The van der Waals surface area contributed by atoms with E-state index in [9.17, 15) is 45.5 Å². The molecule has 2 aliphatic heterocycles. The van der Waals surface area contributed by atoms with Crippen molar-refractivity contribution < 1.29 is 59.7 Å². The van der Waals surface area contributed by atoms with Crippen LogP contribution in [0.15, 0.2) is 97.1 Å². The lowest BCUT2D eigenvalue weighted by atomic mass is 10.1. The SMILES string of the molecule is CC(C)(Oc1ccc(N2CCN(C(=O)c3ccc(C(F)(F)F)cc3)CC2)cc1)C(=O)OC(=O)C(C)(C)Oc1cccc(N2CCN(C(=O)c3ccc(C(F)(F)F)cc3)CC2)c1. The van der Waals surface area contributed by atoms with Crippen LogP contribution in [0.3, 0.4) is 0 Å². The van der Waals surface area contributed by atoms with Crippen LogP contribution in [-0.4, -0.2) is 97.1 Å². The Morgan fingerprint density at radius 1 is 0.475 bits per heavy atom. The van der Waals surface area contributed by atoms with Gasteiger partial charge in [0.05, 0.1) is 11.1 Å². The molecule has 61 heavy (non-hydrogen) atoms. The molecule has 2 saturated heterocycles. The van der Waals surface area contributed by atoms with Crippen molar-refractivity contribution in [3.8, 4) is 11.5 Å². The molecule has 2 amide bonds. The van der Waals surface area contributed by atoms with Crippen LogP contribution in [0.1, 0.15) is 59.5 Å². The Bertz CT molecular complexity index is 2210. The number of anilines is 2. The van der Waals surface area contributed by atoms with Gasteiger partial charge in [-0.15, -0.1) is 0 Å². The van der Waals surface area contributed by atoms with E-state index in [0.717, 1.165) is 35.6 Å². The molecule has 6 rings (SSSR count). The molecular formula is C44H44F6N4O7. The fraction of sp³-hybridized carbons (Fsp3) is 0.364. The van der Waals surface area contributed by atoms with E-state index in [-0.39, 0.29) is 22.9 Å². The summed E-state index contributed by atoms with van der Waals surface area (Å²) in [4.78, 5) is 59.6. The third kappa shape index (κ3) is 10.7. The van der Waals surface area contributed by atoms with Crippen LogP contribution in [-0.2, 0) is 26.7 Å². The molecule has 2 heterocycles. The van der Waals surface area contributed by atoms with Gasteiger partial charge in [-0.25, -0.2) is 9.59 Å². The van der Waals surface area contributed by atoms with E-state index in [2.05, 4.69) is 0 Å². The maximum Gasteiger partial charge on any atom is 0.416 e. The first-order valence-electron chi connectivity index (χ1n) is 19.4. The number of benzene rings is 4. The molecule has 0 aliphatic carbocycles. The number of esters is 2. The first-order chi connectivity index (χ1) is 28.6. The first kappa shape index (κ1) is 44.3. The Balaban J connectivity index is 0.966. The fourth-order valence-corrected chi connectivity index (χ4v) is 6.78. The summed E-state index contributed by atoms with van der Waals surface area (Å²) in [6.45, 7) is 9.01. The van der Waals surface area contributed by atoms with E-state index in [1.807, 2.05) is 15.9 Å². The van der Waals surface area contributed by atoms with Crippen molar-refractivity contribution in [2.45, 2.75) is 51.2 Å². The second kappa shape index (κ2) is 17.4. The van der Waals surface area contributed by atoms with Gasteiger partial charge in [-0.3, -0.25) is 9.59 Å². The van der Waals surface area contributed by atoms with Crippen molar-refractivity contribution in [3.05, 3.63) is 119 Å². The minimum atomic E-state index is -4.50. The molecule has 0 saturated carbocycles. The Kier molecular flexibility index (Phi) is 12.6. The number of rotatable bonds is 10. The lowest BCUT2D eigenvalue weighted by molar-refractivity contribution is -0.178. The van der Waals surface area contributed by atoms with Crippen molar-refractivity contribution in [2.75, 3.05) is 62.2 Å². The maximum absolute atomic E-state index is 13.3. The van der Waals surface area contributed by atoms with Gasteiger partial charge in [0.25, 0.3) is 11.8 Å². The van der Waals surface area contributed by atoms with Gasteiger partial charge in [-0.05, 0) is 113 Å². The number of hydrogen-bond donors (Lipinski definition) is 0. The highest BCUT2D eigenvalue weighted by Crippen LogP contribution is 2.32. The van der Waals surface area contributed by atoms with E-state index in [0.29, 0.717) is 63.9 Å². The van der Waals surface area contributed by atoms with E-state index in [4.69, 9.17) is 14.2 Å². The minimum Gasteiger partial charge on any atom is -0.476 e. The molecule has 11 nitrogen and oxygen atoms in total. The van der Waals surface area contributed by atoms with Crippen LogP contribution in [0.4, 0.5) is 37.7 Å². The second-order valence-electron chi connectivity index (χ2n) is 15.6. The number of nitrogens with zero attached hydrogens (tertiary/aromatic N) is 4. The number of carbonyl (C=O) groups excluding carboxylic acids is 4. The molecule has 324 valence electrons. The van der Waals surface area contributed by atoms with Gasteiger partial charge >= 0.3 is 24.3 Å². The van der Waals surface area contributed by atoms with Crippen molar-refractivity contribution in [2.24, 2.45) is 0 Å². The summed E-state index contributed by atoms with van der Waals surface area (Å²) in [6.07, 6.45) is -8.98. The van der Waals surface area contributed by atoms with E-state index >= 15 is 0 Å². The molecule has 0 spiro atoms. The molecule has 0 N–H and O–H groups in total. The summed E-state index contributed by atoms with van der Waals surface area (Å²) in [7, 11) is 0. The normalized spacial score (nSPS) is 15.3. The minimum absolute atomic E-state index is 0.166. The van der Waals surface area contributed by atoms with Gasteiger partial charge in [0.1, 0.15) is 11.5 Å². The molecule has 0 bridgehead atoms. The van der Waals surface area contributed by atoms with Gasteiger partial charge in [-0.2, -0.15) is 26.3 Å². The summed E-state index contributed by atoms with van der Waals surface area (Å²) in [5.41, 5.74) is -2.94. The third-order valence-corrected chi connectivity index (χ3v) is 10.4. The lowest BCUT2D eigenvalue weighted by Gasteiger charge is -2.36. The molecule has 4 aromatic rings. The molecule has 4 aromatic carbocycles. The number of alkyl halides is 6. The number of halogens is 6. The highest BCUT2D eigenvalue weighted by molar-refractivity contribution is 5.95. The monoisotopic (exact) mass is 854 g/mol. The number of amides is 2. The largest absolute Gasteiger partial charge is 0.476 e. The summed E-state index contributed by atoms with van der Waals surface area (Å²) in [5, 5.41) is 0. The quantitative estimate of drug-likeness (QED) is 0.0900. The molecule has 0 aromatic heterocycles. The zero-order valence-corrected chi connectivity index (χ0v) is 33.8. The average molecular weight is 855 g/mol. The Morgan fingerprint density at radius 3 is 1.28 bits per heavy atom. The van der Waals surface area contributed by atoms with Crippen molar-refractivity contribution in [3.63, 3.8) is 0 Å². The average Bonchev–Trinajstić information content (AvgIpc) is 3.23. The van der Waals surface area contributed by atoms with Gasteiger partial charge in [0, 0.05) is 80.9 Å². The number of ether oxygens (including phenoxy) is 3. The zero-order valence-electron chi connectivity index (χ0n) is 33.8. The Hall–Kier alpha value is -6.26. The summed E-state index contributed by atoms with van der Waals surface area (Å²) in [6, 6.07) is 22.1. The van der Waals surface area contributed by atoms with Crippen LogP contribution >= 0.6 is 0 Å². The standard InChI is InChI=1S/C44H44F6N4O7/c1-41(2,60-35-18-16-33(17-19-35)51-20-24-53(25-21-51)37(55)29-8-12-31(13-9-29)43(45,46)47)39(57)59-40(58)42(3,4)61-36-7-5-6-34(28-36)52-22-26-54(27-23-52)38(56)30-10-14-32(15-11-30)44(48,49)50/h5-19,28H,20-27H2,1-4H3. The van der Waals surface area contributed by atoms with E-state index in [1.54, 1.807) is 52.3 Å². The van der Waals surface area contributed by atoms with Gasteiger partial charge < -0.3 is 33.8 Å². The molecular weight excluding hydrogens is 810 g/mol. The molecule has 17 heteroatoms. The summed E-state index contributed by atoms with van der Waals surface area (Å²) < 4.78 is 94.8. The van der Waals surface area contributed by atoms with E-state index in [1.165, 1.54) is 52.0 Å². The number of hydrogen-bond acceptors (Lipinski definition) is 9. The van der Waals surface area contributed by atoms with Crippen LogP contribution in [0.5, 0.6) is 11.5 Å². The van der Waals surface area contributed by atoms with Gasteiger partial charge in [-0.1, -0.05) is 6.07 Å². The lowest BCUT2D eigenvalue weighted by Crippen LogP contribution is -2.49. The smallest absolute Gasteiger partial charge is 0.416 e. The fourth-order valence-electron chi connectivity index (χ4n) is 6.78. The summed E-state index contributed by atoms with van der Waals surface area (Å²) >= 11 is 0. The maximum atomic E-state index is 13.3. The highest BCUT2D eigenvalue weighted by Gasteiger charge is 2.40. The predicted octanol–water partition coefficient (Wildman–Crippen LogP) is 7.73. The first-order valence-corrected chi connectivity index (χ1v) is 19.4. The van der Waals surface area contributed by atoms with Crippen molar-refractivity contribution >= 4 is 35.1 Å². The molecule has 0 unspecified atom stereocenters. The second-order valence-corrected chi connectivity index (χ2v) is 15.6. The van der Waals surface area contributed by atoms with Gasteiger partial charge in [0.2, 0.25) is 11.2 Å². The summed E-state index contributed by atoms with van der Waals surface area (Å²) in [5.74, 6) is -1.98. The van der Waals surface area contributed by atoms with E-state index < -0.39 is 46.6 Å². The molecule has 2 aliphatic rings. The Morgan fingerprint density at radius 2 is 0.869 bits per heavy atom. The predicted molar refractivity (Wildman–Crippen MR) is 213 cm³/mol. The van der Waals surface area contributed by atoms with Crippen LogP contribution in [0.25, 0.3) is 0 Å².